The Kier molecular flexibility index (Phi) is 2.55. The molecule has 0 aliphatic rings. The quantitative estimate of drug-likeness (QED) is 0.307. The Morgan fingerprint density at radius 2 is 2.00 bits per heavy atom. The molecule has 0 unspecified atom stereocenters. The van der Waals surface area contributed by atoms with Crippen molar-refractivity contribution < 1.29 is 17.6 Å². The molecule has 0 heterocycles. The average Bonchev–Trinajstić information content (AvgIpc) is 2.04. The summed E-state index contributed by atoms with van der Waals surface area (Å²) in [5.74, 6) is -0.873. The maximum Gasteiger partial charge on any atom is 0.374 e. The fraction of sp³-hybridized carbons (Fsp3) is 0. The zero-order valence-electron chi connectivity index (χ0n) is 6.38. The summed E-state index contributed by atoms with van der Waals surface area (Å²) in [7, 11) is -3.96. The fourth-order valence-electron chi connectivity index (χ4n) is 0.794. The SMILES string of the molecule is [N-]=[N+]=CS(=O)(=O)c1ccccc1F. The molecule has 4 nitrogen and oxygen atoms in total. The molecule has 0 saturated carbocycles. The van der Waals surface area contributed by atoms with E-state index in [-0.39, 0.29) is 5.55 Å². The molecule has 0 fully saturated rings. The molecular weight excluding hydrogens is 195 g/mol. The molecule has 13 heavy (non-hydrogen) atoms. The maximum atomic E-state index is 12.9. The molecule has 0 spiro atoms. The Bertz CT molecular complexity index is 463. The van der Waals surface area contributed by atoms with Gasteiger partial charge in [-0.2, -0.15) is 4.79 Å². The molecular formula is C7H5FN2O2S. The summed E-state index contributed by atoms with van der Waals surface area (Å²) < 4.78 is 35.1. The van der Waals surface area contributed by atoms with Crippen LogP contribution in [0.3, 0.4) is 0 Å². The van der Waals surface area contributed by atoms with Gasteiger partial charge in [0, 0.05) is 0 Å². The average molecular weight is 200 g/mol. The molecule has 0 aromatic heterocycles. The van der Waals surface area contributed by atoms with E-state index < -0.39 is 20.5 Å². The molecule has 1 aromatic carbocycles. The lowest BCUT2D eigenvalue weighted by Gasteiger charge is -1.94. The normalized spacial score (nSPS) is 10.5. The molecule has 1 rings (SSSR count). The lowest BCUT2D eigenvalue weighted by atomic mass is 10.4. The molecule has 0 aliphatic carbocycles. The number of rotatable bonds is 2. The fourth-order valence-corrected chi connectivity index (χ4v) is 1.64. The molecule has 0 atom stereocenters. The number of benzene rings is 1. The molecule has 0 amide bonds. The van der Waals surface area contributed by atoms with Crippen LogP contribution in [0.1, 0.15) is 0 Å². The van der Waals surface area contributed by atoms with Gasteiger partial charge in [-0.05, 0) is 12.1 Å². The summed E-state index contributed by atoms with van der Waals surface area (Å²) in [6.07, 6.45) is 0. The van der Waals surface area contributed by atoms with Crippen molar-refractivity contribution in [2.24, 2.45) is 0 Å². The Labute approximate surface area is 74.2 Å². The van der Waals surface area contributed by atoms with Crippen molar-refractivity contribution >= 4 is 15.4 Å². The largest absolute Gasteiger partial charge is 0.374 e. The Morgan fingerprint density at radius 3 is 2.54 bits per heavy atom. The number of hydrogen-bond acceptors (Lipinski definition) is 2. The topological polar surface area (TPSA) is 70.5 Å². The lowest BCUT2D eigenvalue weighted by molar-refractivity contribution is 0.00752. The van der Waals surface area contributed by atoms with Gasteiger partial charge in [-0.15, -0.1) is 0 Å². The molecule has 0 bridgehead atoms. The number of halogens is 1. The van der Waals surface area contributed by atoms with Gasteiger partial charge in [-0.25, -0.2) is 12.8 Å². The van der Waals surface area contributed by atoms with Crippen LogP contribution in [0.15, 0.2) is 29.2 Å². The smallest absolute Gasteiger partial charge is 0.361 e. The molecule has 0 radical (unpaired) electrons. The van der Waals surface area contributed by atoms with Crippen molar-refractivity contribution in [3.8, 4) is 0 Å². The predicted molar refractivity (Wildman–Crippen MR) is 43.3 cm³/mol. The third-order valence-corrected chi connectivity index (χ3v) is 2.65. The molecule has 0 N–H and O–H groups in total. The van der Waals surface area contributed by atoms with E-state index in [1.807, 2.05) is 0 Å². The third-order valence-electron chi connectivity index (χ3n) is 1.33. The van der Waals surface area contributed by atoms with Gasteiger partial charge in [-0.3, -0.25) is 0 Å². The summed E-state index contributed by atoms with van der Waals surface area (Å²) in [5, 5.41) is 0. The van der Waals surface area contributed by atoms with Gasteiger partial charge in [-0.1, -0.05) is 12.1 Å². The number of sulfone groups is 1. The van der Waals surface area contributed by atoms with E-state index in [9.17, 15) is 12.8 Å². The highest BCUT2D eigenvalue weighted by Crippen LogP contribution is 2.12. The van der Waals surface area contributed by atoms with E-state index in [0.717, 1.165) is 12.1 Å². The summed E-state index contributed by atoms with van der Waals surface area (Å²) in [4.78, 5) is 1.84. The summed E-state index contributed by atoms with van der Waals surface area (Å²) >= 11 is 0. The highest BCUT2D eigenvalue weighted by molar-refractivity contribution is 8.04. The second kappa shape index (κ2) is 3.47. The van der Waals surface area contributed by atoms with Crippen molar-refractivity contribution in [3.63, 3.8) is 0 Å². The van der Waals surface area contributed by atoms with Crippen molar-refractivity contribution in [3.05, 3.63) is 35.6 Å². The Morgan fingerprint density at radius 1 is 1.38 bits per heavy atom. The highest BCUT2D eigenvalue weighted by atomic mass is 32.2. The van der Waals surface area contributed by atoms with Crippen LogP contribution in [-0.2, 0) is 9.84 Å². The van der Waals surface area contributed by atoms with E-state index in [4.69, 9.17) is 5.53 Å². The molecule has 0 aliphatic heterocycles. The first-order valence-electron chi connectivity index (χ1n) is 3.25. The first kappa shape index (κ1) is 9.57. The van der Waals surface area contributed by atoms with Gasteiger partial charge in [0.1, 0.15) is 10.7 Å². The minimum atomic E-state index is -3.96. The van der Waals surface area contributed by atoms with Crippen LogP contribution < -0.4 is 0 Å². The zero-order chi connectivity index (χ0) is 9.90. The van der Waals surface area contributed by atoms with E-state index in [2.05, 4.69) is 4.79 Å². The van der Waals surface area contributed by atoms with Crippen molar-refractivity contribution in [2.45, 2.75) is 4.90 Å². The van der Waals surface area contributed by atoms with Gasteiger partial charge in [0.05, 0.1) is 0 Å². The van der Waals surface area contributed by atoms with E-state index in [1.54, 1.807) is 0 Å². The Balaban J connectivity index is 3.39. The van der Waals surface area contributed by atoms with Gasteiger partial charge >= 0.3 is 5.55 Å². The van der Waals surface area contributed by atoms with Crippen molar-refractivity contribution in [2.75, 3.05) is 0 Å². The standard InChI is InChI=1S/C7H5FN2O2S/c8-6-3-1-2-4-7(6)13(11,12)5-10-9/h1-5H. The first-order chi connectivity index (χ1) is 6.08. The van der Waals surface area contributed by atoms with Crippen LogP contribution in [0.25, 0.3) is 5.53 Å². The summed E-state index contributed by atoms with van der Waals surface area (Å²) in [5.41, 5.74) is 8.31. The maximum absolute atomic E-state index is 12.9. The van der Waals surface area contributed by atoms with Crippen molar-refractivity contribution in [1.82, 2.24) is 0 Å². The zero-order valence-corrected chi connectivity index (χ0v) is 7.20. The molecule has 68 valence electrons. The second-order valence-electron chi connectivity index (χ2n) is 2.20. The molecule has 6 heteroatoms. The van der Waals surface area contributed by atoms with E-state index >= 15 is 0 Å². The lowest BCUT2D eigenvalue weighted by Crippen LogP contribution is -2.04. The Hall–Kier alpha value is -1.52. The predicted octanol–water partition coefficient (Wildman–Crippen LogP) is 0.858. The van der Waals surface area contributed by atoms with Gasteiger partial charge in [0.2, 0.25) is 0 Å². The first-order valence-corrected chi connectivity index (χ1v) is 4.79. The second-order valence-corrected chi connectivity index (χ2v) is 3.94. The minimum Gasteiger partial charge on any atom is -0.361 e. The highest BCUT2D eigenvalue weighted by Gasteiger charge is 2.19. The number of hydrogen-bond donors (Lipinski definition) is 0. The van der Waals surface area contributed by atoms with Crippen molar-refractivity contribution in [1.29, 1.82) is 0 Å². The van der Waals surface area contributed by atoms with Gasteiger partial charge in [0.15, 0.2) is 0 Å². The van der Waals surface area contributed by atoms with Crippen LogP contribution in [0, 0.1) is 5.82 Å². The van der Waals surface area contributed by atoms with Crippen LogP contribution in [0.5, 0.6) is 0 Å². The van der Waals surface area contributed by atoms with Gasteiger partial charge < -0.3 is 5.53 Å². The van der Waals surface area contributed by atoms with Gasteiger partial charge in [0.25, 0.3) is 9.84 Å². The number of nitrogens with zero attached hydrogens (tertiary/aromatic N) is 2. The van der Waals surface area contributed by atoms with Crippen LogP contribution in [-0.4, -0.2) is 18.8 Å². The third kappa shape index (κ3) is 1.99. The van der Waals surface area contributed by atoms with Crippen LogP contribution in [0.2, 0.25) is 0 Å². The van der Waals surface area contributed by atoms with Crippen LogP contribution >= 0.6 is 0 Å². The minimum absolute atomic E-state index is 0.283. The van der Waals surface area contributed by atoms with E-state index in [1.165, 1.54) is 12.1 Å². The van der Waals surface area contributed by atoms with E-state index in [0.29, 0.717) is 0 Å². The molecule has 0 saturated heterocycles. The summed E-state index contributed by atoms with van der Waals surface area (Å²) in [6, 6.07) is 4.84. The van der Waals surface area contributed by atoms with Crippen LogP contribution in [0.4, 0.5) is 4.39 Å². The monoisotopic (exact) mass is 200 g/mol. The molecule has 1 aromatic rings. The summed E-state index contributed by atoms with van der Waals surface area (Å²) in [6.45, 7) is 0.